The number of benzene rings is 2. The van der Waals surface area contributed by atoms with Crippen molar-refractivity contribution in [1.29, 1.82) is 0 Å². The molecule has 1 heterocycles. The summed E-state index contributed by atoms with van der Waals surface area (Å²) in [6, 6.07) is 13.0. The highest BCUT2D eigenvalue weighted by atomic mass is 127. The number of nitrogens with one attached hydrogen (secondary N) is 1. The van der Waals surface area contributed by atoms with Crippen molar-refractivity contribution in [2.45, 2.75) is 0 Å². The van der Waals surface area contributed by atoms with Crippen molar-refractivity contribution in [2.24, 2.45) is 0 Å². The number of carbonyl (C=O) groups is 1. The smallest absolute Gasteiger partial charge is 0.255 e. The Morgan fingerprint density at radius 1 is 1.11 bits per heavy atom. The van der Waals surface area contributed by atoms with Gasteiger partial charge in [0.2, 0.25) is 0 Å². The van der Waals surface area contributed by atoms with E-state index in [1.54, 1.807) is 12.1 Å². The first-order chi connectivity index (χ1) is 9.24. The molecule has 0 aliphatic heterocycles. The molecule has 1 aromatic heterocycles. The molecular formula is C13H8IN3OS. The van der Waals surface area contributed by atoms with Crippen molar-refractivity contribution < 1.29 is 4.79 Å². The zero-order valence-electron chi connectivity index (χ0n) is 9.63. The highest BCUT2D eigenvalue weighted by molar-refractivity contribution is 14.1. The Bertz CT molecular complexity index is 739. The second kappa shape index (κ2) is 5.22. The van der Waals surface area contributed by atoms with Crippen LogP contribution < -0.4 is 5.32 Å². The van der Waals surface area contributed by atoms with Crippen LogP contribution in [-0.4, -0.2) is 14.7 Å². The van der Waals surface area contributed by atoms with E-state index in [2.05, 4.69) is 36.7 Å². The number of halogens is 1. The van der Waals surface area contributed by atoms with Crippen LogP contribution in [0, 0.1) is 3.57 Å². The van der Waals surface area contributed by atoms with Crippen molar-refractivity contribution in [1.82, 2.24) is 8.75 Å². The number of nitrogens with zero attached hydrogens (tertiary/aromatic N) is 2. The predicted octanol–water partition coefficient (Wildman–Crippen LogP) is 3.55. The lowest BCUT2D eigenvalue weighted by atomic mass is 10.2. The molecule has 6 heteroatoms. The first-order valence-corrected chi connectivity index (χ1v) is 7.33. The minimum absolute atomic E-state index is 0.142. The lowest BCUT2D eigenvalue weighted by Crippen LogP contribution is -2.12. The van der Waals surface area contributed by atoms with Crippen LogP contribution in [0.5, 0.6) is 0 Å². The Morgan fingerprint density at radius 2 is 1.89 bits per heavy atom. The molecule has 0 radical (unpaired) electrons. The largest absolute Gasteiger partial charge is 0.320 e. The van der Waals surface area contributed by atoms with E-state index in [-0.39, 0.29) is 5.91 Å². The van der Waals surface area contributed by atoms with E-state index in [0.717, 1.165) is 26.3 Å². The summed E-state index contributed by atoms with van der Waals surface area (Å²) in [6.07, 6.45) is 0. The number of carbonyl (C=O) groups excluding carboxylic acids is 1. The average Bonchev–Trinajstić information content (AvgIpc) is 2.89. The summed E-state index contributed by atoms with van der Waals surface area (Å²) in [6.45, 7) is 0. The van der Waals surface area contributed by atoms with E-state index in [9.17, 15) is 4.79 Å². The third kappa shape index (κ3) is 2.59. The fourth-order valence-corrected chi connectivity index (χ4v) is 2.61. The van der Waals surface area contributed by atoms with Gasteiger partial charge in [0.05, 0.1) is 17.4 Å². The number of amides is 1. The van der Waals surface area contributed by atoms with Gasteiger partial charge in [-0.25, -0.2) is 0 Å². The number of aromatic nitrogens is 2. The Labute approximate surface area is 127 Å². The van der Waals surface area contributed by atoms with Gasteiger partial charge in [-0.3, -0.25) is 4.79 Å². The highest BCUT2D eigenvalue weighted by Gasteiger charge is 2.10. The predicted molar refractivity (Wildman–Crippen MR) is 84.5 cm³/mol. The minimum Gasteiger partial charge on any atom is -0.320 e. The maximum absolute atomic E-state index is 12.1. The van der Waals surface area contributed by atoms with Crippen LogP contribution in [0.2, 0.25) is 0 Å². The normalized spacial score (nSPS) is 10.6. The van der Waals surface area contributed by atoms with Gasteiger partial charge in [-0.2, -0.15) is 8.75 Å². The van der Waals surface area contributed by atoms with Gasteiger partial charge < -0.3 is 5.32 Å². The molecule has 19 heavy (non-hydrogen) atoms. The lowest BCUT2D eigenvalue weighted by Gasteiger charge is -2.05. The standard InChI is InChI=1S/C13H8IN3OS/c14-9-6-4-8(5-7-9)13(18)15-10-2-1-3-11-12(10)17-19-16-11/h1-7H,(H,15,18). The molecular weight excluding hydrogens is 373 g/mol. The minimum atomic E-state index is -0.142. The molecule has 94 valence electrons. The van der Waals surface area contributed by atoms with Crippen LogP contribution in [0.4, 0.5) is 5.69 Å². The maximum Gasteiger partial charge on any atom is 0.255 e. The van der Waals surface area contributed by atoms with Crippen LogP contribution in [-0.2, 0) is 0 Å². The quantitative estimate of drug-likeness (QED) is 0.691. The Kier molecular flexibility index (Phi) is 3.43. The van der Waals surface area contributed by atoms with Crippen molar-refractivity contribution in [3.63, 3.8) is 0 Å². The van der Waals surface area contributed by atoms with Gasteiger partial charge in [-0.05, 0) is 59.0 Å². The van der Waals surface area contributed by atoms with Gasteiger partial charge in [0.25, 0.3) is 5.91 Å². The van der Waals surface area contributed by atoms with Gasteiger partial charge in [0.1, 0.15) is 11.0 Å². The molecule has 4 nitrogen and oxygen atoms in total. The van der Waals surface area contributed by atoms with Crippen molar-refractivity contribution >= 4 is 56.9 Å². The summed E-state index contributed by atoms with van der Waals surface area (Å²) in [5.41, 5.74) is 2.84. The van der Waals surface area contributed by atoms with E-state index in [1.165, 1.54) is 0 Å². The fourth-order valence-electron chi connectivity index (χ4n) is 1.70. The Balaban J connectivity index is 1.90. The summed E-state index contributed by atoms with van der Waals surface area (Å²) >= 11 is 3.35. The van der Waals surface area contributed by atoms with Crippen molar-refractivity contribution in [3.8, 4) is 0 Å². The van der Waals surface area contributed by atoms with Crippen LogP contribution in [0.1, 0.15) is 10.4 Å². The summed E-state index contributed by atoms with van der Waals surface area (Å²) in [4.78, 5) is 12.1. The second-order valence-corrected chi connectivity index (χ2v) is 5.67. The molecule has 0 saturated heterocycles. The third-order valence-electron chi connectivity index (χ3n) is 2.64. The van der Waals surface area contributed by atoms with E-state index < -0.39 is 0 Å². The first kappa shape index (κ1) is 12.5. The van der Waals surface area contributed by atoms with Crippen LogP contribution in [0.15, 0.2) is 42.5 Å². The molecule has 3 aromatic rings. The molecule has 2 aromatic carbocycles. The SMILES string of the molecule is O=C(Nc1cccc2nsnc12)c1ccc(I)cc1. The molecule has 0 fully saturated rings. The van der Waals surface area contributed by atoms with Crippen LogP contribution in [0.3, 0.4) is 0 Å². The highest BCUT2D eigenvalue weighted by Crippen LogP contribution is 2.21. The summed E-state index contributed by atoms with van der Waals surface area (Å²) in [7, 11) is 0. The Hall–Kier alpha value is -1.54. The van der Waals surface area contributed by atoms with Gasteiger partial charge in [0.15, 0.2) is 0 Å². The molecule has 0 aliphatic rings. The Morgan fingerprint density at radius 3 is 2.68 bits per heavy atom. The molecule has 0 bridgehead atoms. The summed E-state index contributed by atoms with van der Waals surface area (Å²) in [5.74, 6) is -0.142. The topological polar surface area (TPSA) is 54.9 Å². The van der Waals surface area contributed by atoms with E-state index in [1.807, 2.05) is 30.3 Å². The van der Waals surface area contributed by atoms with Crippen molar-refractivity contribution in [2.75, 3.05) is 5.32 Å². The zero-order chi connectivity index (χ0) is 13.2. The maximum atomic E-state index is 12.1. The number of hydrogen-bond donors (Lipinski definition) is 1. The fraction of sp³-hybridized carbons (Fsp3) is 0. The molecule has 1 N–H and O–H groups in total. The number of rotatable bonds is 2. The summed E-state index contributed by atoms with van der Waals surface area (Å²) < 4.78 is 9.44. The van der Waals surface area contributed by atoms with Crippen molar-refractivity contribution in [3.05, 3.63) is 51.6 Å². The van der Waals surface area contributed by atoms with Crippen LogP contribution in [0.25, 0.3) is 11.0 Å². The van der Waals surface area contributed by atoms with Gasteiger partial charge >= 0.3 is 0 Å². The number of anilines is 1. The number of fused-ring (bicyclic) bond motifs is 1. The van der Waals surface area contributed by atoms with E-state index in [4.69, 9.17) is 0 Å². The lowest BCUT2D eigenvalue weighted by molar-refractivity contribution is 0.102. The molecule has 0 aliphatic carbocycles. The van der Waals surface area contributed by atoms with Gasteiger partial charge in [-0.15, -0.1) is 0 Å². The average molecular weight is 381 g/mol. The van der Waals surface area contributed by atoms with E-state index >= 15 is 0 Å². The third-order valence-corrected chi connectivity index (χ3v) is 3.90. The van der Waals surface area contributed by atoms with Gasteiger partial charge in [0, 0.05) is 9.13 Å². The van der Waals surface area contributed by atoms with Gasteiger partial charge in [-0.1, -0.05) is 6.07 Å². The molecule has 0 atom stereocenters. The number of hydrogen-bond acceptors (Lipinski definition) is 4. The molecule has 1 amide bonds. The zero-order valence-corrected chi connectivity index (χ0v) is 12.6. The van der Waals surface area contributed by atoms with E-state index in [0.29, 0.717) is 11.3 Å². The molecule has 0 unspecified atom stereocenters. The molecule has 0 saturated carbocycles. The molecule has 0 spiro atoms. The summed E-state index contributed by atoms with van der Waals surface area (Å²) in [5, 5.41) is 2.87. The molecule has 3 rings (SSSR count). The first-order valence-electron chi connectivity index (χ1n) is 5.52. The van der Waals surface area contributed by atoms with Crippen LogP contribution >= 0.6 is 34.3 Å². The second-order valence-electron chi connectivity index (χ2n) is 3.90. The monoisotopic (exact) mass is 381 g/mol.